The largest absolute Gasteiger partial charge is 0.508 e. The average molecular weight is 350 g/mol. The summed E-state index contributed by atoms with van der Waals surface area (Å²) in [6, 6.07) is 14.4. The van der Waals surface area contributed by atoms with Crippen LogP contribution in [-0.4, -0.2) is 16.2 Å². The van der Waals surface area contributed by atoms with Crippen molar-refractivity contribution in [1.82, 2.24) is 0 Å². The van der Waals surface area contributed by atoms with Crippen LogP contribution in [0.3, 0.4) is 0 Å². The zero-order valence-electron chi connectivity index (χ0n) is 15.6. The molecule has 0 spiro atoms. The van der Waals surface area contributed by atoms with Gasteiger partial charge in [-0.15, -0.1) is 0 Å². The molecule has 2 aromatic carbocycles. The van der Waals surface area contributed by atoms with Gasteiger partial charge < -0.3 is 10.2 Å². The van der Waals surface area contributed by atoms with E-state index >= 15 is 0 Å². The smallest absolute Gasteiger partial charge is 0.335 e. The Morgan fingerprint density at radius 1 is 0.962 bits per heavy atom. The zero-order valence-corrected chi connectivity index (χ0v) is 15.6. The van der Waals surface area contributed by atoms with Gasteiger partial charge in [0.25, 0.3) is 0 Å². The van der Waals surface area contributed by atoms with Crippen LogP contribution in [0.5, 0.6) is 5.75 Å². The summed E-state index contributed by atoms with van der Waals surface area (Å²) in [6.45, 7) is 6.91. The third-order valence-corrected chi connectivity index (χ3v) is 5.12. The molecule has 1 aliphatic carbocycles. The summed E-state index contributed by atoms with van der Waals surface area (Å²) < 4.78 is 0. The first kappa shape index (κ1) is 18.2. The van der Waals surface area contributed by atoms with E-state index in [0.717, 1.165) is 24.0 Å². The third kappa shape index (κ3) is 3.98. The van der Waals surface area contributed by atoms with Crippen molar-refractivity contribution in [3.05, 3.63) is 70.8 Å². The van der Waals surface area contributed by atoms with Crippen LogP contribution in [0, 0.1) is 11.3 Å². The second kappa shape index (κ2) is 6.99. The molecule has 0 saturated heterocycles. The first-order valence-corrected chi connectivity index (χ1v) is 9.10. The number of phenols is 1. The maximum atomic E-state index is 11.2. The fraction of sp³-hybridized carbons (Fsp3) is 0.348. The Bertz CT molecular complexity index is 827. The summed E-state index contributed by atoms with van der Waals surface area (Å²) in [5.74, 6) is -0.0568. The number of phenolic OH excluding ortho intramolecular Hbond substituents is 1. The molecule has 0 aliphatic heterocycles. The number of benzene rings is 2. The second-order valence-corrected chi connectivity index (χ2v) is 8.26. The van der Waals surface area contributed by atoms with Gasteiger partial charge in [-0.1, -0.05) is 50.6 Å². The van der Waals surface area contributed by atoms with Crippen molar-refractivity contribution in [2.45, 2.75) is 40.0 Å². The molecule has 3 rings (SSSR count). The normalized spacial score (nSPS) is 21.3. The molecule has 2 N–H and O–H groups in total. The molecule has 0 amide bonds. The van der Waals surface area contributed by atoms with Crippen LogP contribution in [0.25, 0.3) is 5.57 Å². The molecule has 0 radical (unpaired) electrons. The number of aromatic carboxylic acids is 1. The Labute approximate surface area is 155 Å². The molecule has 1 saturated carbocycles. The van der Waals surface area contributed by atoms with E-state index in [1.54, 1.807) is 24.3 Å². The fourth-order valence-corrected chi connectivity index (χ4v) is 4.33. The summed E-state index contributed by atoms with van der Waals surface area (Å²) in [7, 11) is 0. The number of allylic oxidation sites excluding steroid dienone is 1. The lowest BCUT2D eigenvalue weighted by atomic mass is 9.68. The van der Waals surface area contributed by atoms with Crippen molar-refractivity contribution < 1.29 is 15.0 Å². The van der Waals surface area contributed by atoms with E-state index in [9.17, 15) is 15.0 Å². The lowest BCUT2D eigenvalue weighted by Gasteiger charge is -2.37. The van der Waals surface area contributed by atoms with Crippen LogP contribution in [0.2, 0.25) is 0 Å². The van der Waals surface area contributed by atoms with Gasteiger partial charge in [-0.2, -0.15) is 0 Å². The molecule has 3 nitrogen and oxygen atoms in total. The summed E-state index contributed by atoms with van der Waals surface area (Å²) in [6.07, 6.45) is 3.27. The van der Waals surface area contributed by atoms with Crippen LogP contribution < -0.4 is 0 Å². The Balaban J connectivity index is 2.14. The Morgan fingerprint density at radius 3 is 1.96 bits per heavy atom. The first-order valence-electron chi connectivity index (χ1n) is 9.10. The molecule has 0 aromatic heterocycles. The topological polar surface area (TPSA) is 57.5 Å². The molecule has 26 heavy (non-hydrogen) atoms. The quantitative estimate of drug-likeness (QED) is 0.742. The Morgan fingerprint density at radius 2 is 1.46 bits per heavy atom. The summed E-state index contributed by atoms with van der Waals surface area (Å²) in [4.78, 5) is 11.2. The van der Waals surface area contributed by atoms with Gasteiger partial charge in [0, 0.05) is 0 Å². The highest BCUT2D eigenvalue weighted by molar-refractivity contribution is 5.89. The van der Waals surface area contributed by atoms with Crippen LogP contribution >= 0.6 is 0 Å². The molecule has 136 valence electrons. The number of aromatic hydroxyl groups is 1. The first-order chi connectivity index (χ1) is 12.2. The van der Waals surface area contributed by atoms with Crippen molar-refractivity contribution in [3.8, 4) is 5.75 Å². The maximum Gasteiger partial charge on any atom is 0.335 e. The van der Waals surface area contributed by atoms with E-state index in [4.69, 9.17) is 0 Å². The van der Waals surface area contributed by atoms with Gasteiger partial charge in [0.05, 0.1) is 5.56 Å². The van der Waals surface area contributed by atoms with E-state index in [0.29, 0.717) is 11.5 Å². The van der Waals surface area contributed by atoms with Gasteiger partial charge in [0.15, 0.2) is 0 Å². The standard InChI is InChI=1S/C23H26O3/c1-15-12-19(14-23(2,3)13-15)21(17-8-10-20(24)11-9-17)16-4-6-18(7-5-16)22(25)26/h4-11,15,24H,12-14H2,1-3H3,(H,25,26)/b21-19-. The molecule has 1 fully saturated rings. The van der Waals surface area contributed by atoms with Crippen molar-refractivity contribution in [3.63, 3.8) is 0 Å². The third-order valence-electron chi connectivity index (χ3n) is 5.12. The molecule has 1 atom stereocenters. The van der Waals surface area contributed by atoms with Gasteiger partial charge in [-0.25, -0.2) is 4.79 Å². The lowest BCUT2D eigenvalue weighted by molar-refractivity contribution is 0.0697. The van der Waals surface area contributed by atoms with E-state index < -0.39 is 5.97 Å². The molecule has 1 unspecified atom stereocenters. The van der Waals surface area contributed by atoms with Crippen molar-refractivity contribution in [2.24, 2.45) is 11.3 Å². The molecule has 1 aliphatic rings. The predicted molar refractivity (Wildman–Crippen MR) is 104 cm³/mol. The molecule has 2 aromatic rings. The zero-order chi connectivity index (χ0) is 18.9. The van der Waals surface area contributed by atoms with E-state index in [1.807, 2.05) is 24.3 Å². The fourth-order valence-electron chi connectivity index (χ4n) is 4.33. The van der Waals surface area contributed by atoms with Crippen molar-refractivity contribution in [2.75, 3.05) is 0 Å². The average Bonchev–Trinajstić information content (AvgIpc) is 2.55. The lowest BCUT2D eigenvalue weighted by Crippen LogP contribution is -2.23. The minimum Gasteiger partial charge on any atom is -0.508 e. The highest BCUT2D eigenvalue weighted by Crippen LogP contribution is 2.45. The van der Waals surface area contributed by atoms with E-state index in [-0.39, 0.29) is 11.2 Å². The maximum absolute atomic E-state index is 11.2. The van der Waals surface area contributed by atoms with Crippen LogP contribution in [0.4, 0.5) is 0 Å². The monoisotopic (exact) mass is 350 g/mol. The highest BCUT2D eigenvalue weighted by Gasteiger charge is 2.30. The van der Waals surface area contributed by atoms with Crippen LogP contribution in [0.1, 0.15) is 61.5 Å². The second-order valence-electron chi connectivity index (χ2n) is 8.26. The molecule has 0 heterocycles. The number of hydrogen-bond acceptors (Lipinski definition) is 2. The summed E-state index contributed by atoms with van der Waals surface area (Å²) >= 11 is 0. The van der Waals surface area contributed by atoms with Gasteiger partial charge in [0.2, 0.25) is 0 Å². The summed E-state index contributed by atoms with van der Waals surface area (Å²) in [5.41, 5.74) is 5.20. The Kier molecular flexibility index (Phi) is 4.90. The minimum absolute atomic E-state index is 0.246. The van der Waals surface area contributed by atoms with Gasteiger partial charge in [-0.3, -0.25) is 0 Å². The molecule has 0 bridgehead atoms. The van der Waals surface area contributed by atoms with Gasteiger partial charge >= 0.3 is 5.97 Å². The van der Waals surface area contributed by atoms with Gasteiger partial charge in [0.1, 0.15) is 5.75 Å². The number of carbonyl (C=O) groups is 1. The molecular weight excluding hydrogens is 324 g/mol. The molecular formula is C23H26O3. The minimum atomic E-state index is -0.914. The van der Waals surface area contributed by atoms with Gasteiger partial charge in [-0.05, 0) is 71.6 Å². The Hall–Kier alpha value is -2.55. The van der Waals surface area contributed by atoms with Crippen molar-refractivity contribution in [1.29, 1.82) is 0 Å². The summed E-state index contributed by atoms with van der Waals surface area (Å²) in [5, 5.41) is 18.8. The number of hydrogen-bond donors (Lipinski definition) is 2. The van der Waals surface area contributed by atoms with E-state index in [2.05, 4.69) is 20.8 Å². The number of carboxylic acid groups (broad SMARTS) is 1. The highest BCUT2D eigenvalue weighted by atomic mass is 16.4. The molecule has 3 heteroatoms. The van der Waals surface area contributed by atoms with Crippen molar-refractivity contribution >= 4 is 11.5 Å². The van der Waals surface area contributed by atoms with Crippen LogP contribution in [0.15, 0.2) is 54.1 Å². The predicted octanol–water partition coefficient (Wildman–Crippen LogP) is 5.74. The number of rotatable bonds is 3. The van der Waals surface area contributed by atoms with E-state index in [1.165, 1.54) is 17.6 Å². The SMILES string of the molecule is CC1C/C(=C(/c2ccc(O)cc2)c2ccc(C(=O)O)cc2)CC(C)(C)C1. The number of carboxylic acids is 1. The van der Waals surface area contributed by atoms with Crippen LogP contribution in [-0.2, 0) is 0 Å².